The van der Waals surface area contributed by atoms with Crippen LogP contribution in [0, 0.1) is 0 Å². The number of nitrogens with one attached hydrogen (secondary N) is 1. The molecule has 6 heteroatoms. The Balaban J connectivity index is 1.66. The first-order valence-electron chi connectivity index (χ1n) is 7.77. The molecule has 0 spiro atoms. The normalized spacial score (nSPS) is 14.2. The molecule has 2 aromatic rings. The number of morpholine rings is 1. The summed E-state index contributed by atoms with van der Waals surface area (Å²) in [5.74, 6) is -0.262. The first kappa shape index (κ1) is 16.0. The molecule has 6 nitrogen and oxygen atoms in total. The van der Waals surface area contributed by atoms with Crippen LogP contribution < -0.4 is 11.1 Å². The highest BCUT2D eigenvalue weighted by Crippen LogP contribution is 2.15. The number of rotatable bonds is 3. The molecule has 0 aromatic heterocycles. The number of nitrogen functional groups attached to an aromatic ring is 1. The summed E-state index contributed by atoms with van der Waals surface area (Å²) in [7, 11) is 0. The molecule has 24 heavy (non-hydrogen) atoms. The van der Waals surface area contributed by atoms with E-state index in [0.717, 1.165) is 0 Å². The molecule has 1 saturated heterocycles. The lowest BCUT2D eigenvalue weighted by Crippen LogP contribution is -2.40. The lowest BCUT2D eigenvalue weighted by Gasteiger charge is -2.26. The highest BCUT2D eigenvalue weighted by Gasteiger charge is 2.18. The van der Waals surface area contributed by atoms with Crippen molar-refractivity contribution in [3.8, 4) is 0 Å². The molecule has 1 fully saturated rings. The average molecular weight is 325 g/mol. The third kappa shape index (κ3) is 3.72. The van der Waals surface area contributed by atoms with Crippen LogP contribution in [0.1, 0.15) is 20.7 Å². The van der Waals surface area contributed by atoms with Crippen molar-refractivity contribution < 1.29 is 14.3 Å². The van der Waals surface area contributed by atoms with Crippen molar-refractivity contribution in [1.29, 1.82) is 0 Å². The number of hydrogen-bond donors (Lipinski definition) is 2. The number of hydrogen-bond acceptors (Lipinski definition) is 4. The first-order chi connectivity index (χ1) is 11.6. The van der Waals surface area contributed by atoms with Crippen molar-refractivity contribution in [3.05, 3.63) is 59.7 Å². The molecule has 124 valence electrons. The topological polar surface area (TPSA) is 84.7 Å². The summed E-state index contributed by atoms with van der Waals surface area (Å²) in [6.45, 7) is 2.35. The Kier molecular flexibility index (Phi) is 4.77. The molecule has 2 amide bonds. The number of anilines is 2. The predicted molar refractivity (Wildman–Crippen MR) is 92.0 cm³/mol. The summed E-state index contributed by atoms with van der Waals surface area (Å²) >= 11 is 0. The number of carbonyl (C=O) groups is 2. The maximum Gasteiger partial charge on any atom is 0.255 e. The van der Waals surface area contributed by atoms with Gasteiger partial charge in [0.1, 0.15) is 0 Å². The van der Waals surface area contributed by atoms with Crippen molar-refractivity contribution in [1.82, 2.24) is 4.90 Å². The van der Waals surface area contributed by atoms with Crippen LogP contribution in [0.5, 0.6) is 0 Å². The first-order valence-corrected chi connectivity index (χ1v) is 7.77. The van der Waals surface area contributed by atoms with Crippen molar-refractivity contribution >= 4 is 23.2 Å². The van der Waals surface area contributed by atoms with Gasteiger partial charge in [-0.15, -0.1) is 0 Å². The van der Waals surface area contributed by atoms with Gasteiger partial charge in [0.15, 0.2) is 0 Å². The van der Waals surface area contributed by atoms with E-state index in [4.69, 9.17) is 10.5 Å². The summed E-state index contributed by atoms with van der Waals surface area (Å²) in [6.07, 6.45) is 0. The van der Waals surface area contributed by atoms with E-state index >= 15 is 0 Å². The van der Waals surface area contributed by atoms with Crippen LogP contribution in [-0.2, 0) is 4.74 Å². The molecule has 1 aliphatic rings. The van der Waals surface area contributed by atoms with Gasteiger partial charge < -0.3 is 20.7 Å². The monoisotopic (exact) mass is 325 g/mol. The van der Waals surface area contributed by atoms with Gasteiger partial charge in [-0.1, -0.05) is 6.07 Å². The molecule has 1 aliphatic heterocycles. The van der Waals surface area contributed by atoms with Crippen LogP contribution in [0.3, 0.4) is 0 Å². The van der Waals surface area contributed by atoms with E-state index in [1.54, 1.807) is 53.4 Å². The van der Waals surface area contributed by atoms with Gasteiger partial charge in [0.25, 0.3) is 11.8 Å². The summed E-state index contributed by atoms with van der Waals surface area (Å²) in [4.78, 5) is 26.3. The van der Waals surface area contributed by atoms with E-state index in [-0.39, 0.29) is 11.8 Å². The van der Waals surface area contributed by atoms with Gasteiger partial charge in [-0.2, -0.15) is 0 Å². The van der Waals surface area contributed by atoms with E-state index in [1.807, 2.05) is 0 Å². The minimum absolute atomic E-state index is 0.0213. The Morgan fingerprint density at radius 3 is 2.38 bits per heavy atom. The Morgan fingerprint density at radius 2 is 1.71 bits per heavy atom. The second kappa shape index (κ2) is 7.14. The third-order valence-corrected chi connectivity index (χ3v) is 3.84. The summed E-state index contributed by atoms with van der Waals surface area (Å²) < 4.78 is 5.25. The fraction of sp³-hybridized carbons (Fsp3) is 0.222. The highest BCUT2D eigenvalue weighted by molar-refractivity contribution is 6.05. The van der Waals surface area contributed by atoms with Gasteiger partial charge in [0.05, 0.1) is 13.2 Å². The van der Waals surface area contributed by atoms with Gasteiger partial charge in [0.2, 0.25) is 0 Å². The van der Waals surface area contributed by atoms with Gasteiger partial charge in [-0.05, 0) is 42.5 Å². The number of ether oxygens (including phenoxy) is 1. The number of amides is 2. The zero-order valence-electron chi connectivity index (χ0n) is 13.2. The number of nitrogens with two attached hydrogens (primary N) is 1. The van der Waals surface area contributed by atoms with Crippen molar-refractivity contribution in [2.75, 3.05) is 37.4 Å². The van der Waals surface area contributed by atoms with Gasteiger partial charge in [-0.3, -0.25) is 9.59 Å². The molecule has 0 bridgehead atoms. The molecule has 0 saturated carbocycles. The quantitative estimate of drug-likeness (QED) is 0.845. The molecular formula is C18H19N3O3. The molecule has 1 heterocycles. The maximum atomic E-state index is 12.4. The maximum absolute atomic E-state index is 12.4. The van der Waals surface area contributed by atoms with Gasteiger partial charge >= 0.3 is 0 Å². The van der Waals surface area contributed by atoms with Crippen molar-refractivity contribution in [3.63, 3.8) is 0 Å². The molecule has 3 N–H and O–H groups in total. The Hall–Kier alpha value is -2.86. The standard InChI is InChI=1S/C18H19N3O3/c19-15-3-1-2-14(12-15)17(22)20-16-6-4-13(5-7-16)18(23)21-8-10-24-11-9-21/h1-7,12H,8-11,19H2,(H,20,22). The Bertz CT molecular complexity index is 737. The molecule has 2 aromatic carbocycles. The predicted octanol–water partition coefficient (Wildman–Crippen LogP) is 1.99. The molecule has 0 atom stereocenters. The second-order valence-electron chi connectivity index (χ2n) is 5.56. The van der Waals surface area contributed by atoms with E-state index in [9.17, 15) is 9.59 Å². The SMILES string of the molecule is Nc1cccc(C(=O)Nc2ccc(C(=O)N3CCOCC3)cc2)c1. The van der Waals surface area contributed by atoms with Crippen LogP contribution in [-0.4, -0.2) is 43.0 Å². The molecule has 0 unspecified atom stereocenters. The summed E-state index contributed by atoms with van der Waals surface area (Å²) in [5, 5.41) is 2.79. The van der Waals surface area contributed by atoms with Crippen LogP contribution in [0.15, 0.2) is 48.5 Å². The van der Waals surface area contributed by atoms with Crippen LogP contribution in [0.4, 0.5) is 11.4 Å². The van der Waals surface area contributed by atoms with E-state index in [0.29, 0.717) is 48.8 Å². The number of carbonyl (C=O) groups excluding carboxylic acids is 2. The van der Waals surface area contributed by atoms with Crippen LogP contribution in [0.2, 0.25) is 0 Å². The van der Waals surface area contributed by atoms with Crippen LogP contribution in [0.25, 0.3) is 0 Å². The number of benzene rings is 2. The number of nitrogens with zero attached hydrogens (tertiary/aromatic N) is 1. The van der Waals surface area contributed by atoms with E-state index in [1.165, 1.54) is 0 Å². The van der Waals surface area contributed by atoms with E-state index in [2.05, 4.69) is 5.32 Å². The zero-order chi connectivity index (χ0) is 16.9. The fourth-order valence-corrected chi connectivity index (χ4v) is 2.53. The second-order valence-corrected chi connectivity index (χ2v) is 5.56. The third-order valence-electron chi connectivity index (χ3n) is 3.84. The zero-order valence-corrected chi connectivity index (χ0v) is 13.2. The van der Waals surface area contributed by atoms with Gasteiger partial charge in [-0.25, -0.2) is 0 Å². The fourth-order valence-electron chi connectivity index (χ4n) is 2.53. The van der Waals surface area contributed by atoms with E-state index < -0.39 is 0 Å². The Labute approximate surface area is 140 Å². The molecular weight excluding hydrogens is 306 g/mol. The lowest BCUT2D eigenvalue weighted by atomic mass is 10.1. The smallest absolute Gasteiger partial charge is 0.255 e. The molecule has 0 aliphatic carbocycles. The minimum atomic E-state index is -0.241. The lowest BCUT2D eigenvalue weighted by molar-refractivity contribution is 0.0303. The highest BCUT2D eigenvalue weighted by atomic mass is 16.5. The largest absolute Gasteiger partial charge is 0.399 e. The molecule has 0 radical (unpaired) electrons. The summed E-state index contributed by atoms with van der Waals surface area (Å²) in [6, 6.07) is 13.6. The summed E-state index contributed by atoms with van der Waals surface area (Å²) in [5.41, 5.74) is 7.93. The average Bonchev–Trinajstić information content (AvgIpc) is 2.62. The minimum Gasteiger partial charge on any atom is -0.399 e. The van der Waals surface area contributed by atoms with Crippen molar-refractivity contribution in [2.45, 2.75) is 0 Å². The Morgan fingerprint density at radius 1 is 1.00 bits per heavy atom. The molecule has 3 rings (SSSR count). The van der Waals surface area contributed by atoms with Gasteiger partial charge in [0, 0.05) is 35.6 Å². The van der Waals surface area contributed by atoms with Crippen LogP contribution >= 0.6 is 0 Å². The van der Waals surface area contributed by atoms with Crippen molar-refractivity contribution in [2.24, 2.45) is 0 Å².